The number of hydrogen-bond donors (Lipinski definition) is 1. The van der Waals surface area contributed by atoms with Crippen LogP contribution in [0.4, 0.5) is 0 Å². The monoisotopic (exact) mass is 170 g/mol. The zero-order valence-corrected chi connectivity index (χ0v) is 8.64. The Morgan fingerprint density at radius 1 is 1.42 bits per heavy atom. The number of aliphatic hydroxyl groups excluding tert-OH is 1. The molecule has 1 nitrogen and oxygen atoms in total. The average molecular weight is 170 g/mol. The highest BCUT2D eigenvalue weighted by atomic mass is 16.3. The van der Waals surface area contributed by atoms with E-state index in [2.05, 4.69) is 20.8 Å². The molecule has 1 N–H and O–H groups in total. The summed E-state index contributed by atoms with van der Waals surface area (Å²) in [5.41, 5.74) is 0.459. The van der Waals surface area contributed by atoms with E-state index in [9.17, 15) is 0 Å². The van der Waals surface area contributed by atoms with E-state index in [-0.39, 0.29) is 0 Å². The zero-order valence-electron chi connectivity index (χ0n) is 8.64. The van der Waals surface area contributed by atoms with Gasteiger partial charge in [0.15, 0.2) is 0 Å². The topological polar surface area (TPSA) is 20.2 Å². The van der Waals surface area contributed by atoms with Gasteiger partial charge in [-0.25, -0.2) is 0 Å². The van der Waals surface area contributed by atoms with Gasteiger partial charge in [-0.3, -0.25) is 0 Å². The fourth-order valence-corrected chi connectivity index (χ4v) is 2.85. The zero-order chi connectivity index (χ0) is 9.19. The molecule has 0 amide bonds. The Morgan fingerprint density at radius 3 is 2.58 bits per heavy atom. The third-order valence-corrected chi connectivity index (χ3v) is 3.61. The number of rotatable bonds is 2. The molecular formula is C11H22O. The summed E-state index contributed by atoms with van der Waals surface area (Å²) in [6.07, 6.45) is 5.06. The Labute approximate surface area is 76.2 Å². The highest BCUT2D eigenvalue weighted by molar-refractivity contribution is 4.86. The quantitative estimate of drug-likeness (QED) is 0.675. The summed E-state index contributed by atoms with van der Waals surface area (Å²) in [7, 11) is 0. The lowest BCUT2D eigenvalue weighted by Crippen LogP contribution is -2.34. The summed E-state index contributed by atoms with van der Waals surface area (Å²) < 4.78 is 0. The maximum absolute atomic E-state index is 8.97. The van der Waals surface area contributed by atoms with Crippen molar-refractivity contribution < 1.29 is 5.11 Å². The Hall–Kier alpha value is -0.0400. The normalized spacial score (nSPS) is 35.0. The molecule has 1 saturated carbocycles. The third-order valence-electron chi connectivity index (χ3n) is 3.61. The molecule has 1 rings (SSSR count). The van der Waals surface area contributed by atoms with Crippen molar-refractivity contribution in [1.29, 1.82) is 0 Å². The maximum atomic E-state index is 8.97. The highest BCUT2D eigenvalue weighted by Gasteiger charge is 2.35. The van der Waals surface area contributed by atoms with Crippen LogP contribution in [0.3, 0.4) is 0 Å². The van der Waals surface area contributed by atoms with E-state index in [0.29, 0.717) is 12.0 Å². The minimum atomic E-state index is 0.360. The van der Waals surface area contributed by atoms with Gasteiger partial charge < -0.3 is 5.11 Å². The van der Waals surface area contributed by atoms with Crippen LogP contribution in [-0.4, -0.2) is 11.7 Å². The Bertz CT molecular complexity index is 140. The molecule has 0 aromatic heterocycles. The fourth-order valence-electron chi connectivity index (χ4n) is 2.85. The lowest BCUT2D eigenvalue weighted by atomic mass is 9.63. The molecule has 0 spiro atoms. The summed E-state index contributed by atoms with van der Waals surface area (Å²) in [6, 6.07) is 0. The van der Waals surface area contributed by atoms with Crippen LogP contribution < -0.4 is 0 Å². The summed E-state index contributed by atoms with van der Waals surface area (Å²) in [6.45, 7) is 7.39. The van der Waals surface area contributed by atoms with Gasteiger partial charge in [0.25, 0.3) is 0 Å². The van der Waals surface area contributed by atoms with Gasteiger partial charge in [0.05, 0.1) is 0 Å². The number of aliphatic hydroxyl groups is 1. The van der Waals surface area contributed by atoms with Crippen molar-refractivity contribution in [3.63, 3.8) is 0 Å². The SMILES string of the molecule is C[C@H]1CCCC(C)(C)[C@@H]1CCO. The molecule has 0 bridgehead atoms. The molecule has 0 heterocycles. The van der Waals surface area contributed by atoms with Crippen molar-refractivity contribution >= 4 is 0 Å². The van der Waals surface area contributed by atoms with Crippen LogP contribution in [0.5, 0.6) is 0 Å². The Morgan fingerprint density at radius 2 is 2.08 bits per heavy atom. The summed E-state index contributed by atoms with van der Waals surface area (Å²) in [4.78, 5) is 0. The first-order valence-corrected chi connectivity index (χ1v) is 5.19. The predicted octanol–water partition coefficient (Wildman–Crippen LogP) is 2.83. The van der Waals surface area contributed by atoms with Gasteiger partial charge in [0, 0.05) is 6.61 Å². The van der Waals surface area contributed by atoms with E-state index >= 15 is 0 Å². The van der Waals surface area contributed by atoms with Crippen molar-refractivity contribution in [2.45, 2.75) is 46.5 Å². The molecule has 0 unspecified atom stereocenters. The first kappa shape index (κ1) is 10.0. The molecule has 0 aliphatic heterocycles. The van der Waals surface area contributed by atoms with Crippen LogP contribution in [-0.2, 0) is 0 Å². The fraction of sp³-hybridized carbons (Fsp3) is 1.00. The molecule has 1 aliphatic rings. The minimum absolute atomic E-state index is 0.360. The largest absolute Gasteiger partial charge is 0.396 e. The van der Waals surface area contributed by atoms with Gasteiger partial charge in [-0.15, -0.1) is 0 Å². The average Bonchev–Trinajstić information content (AvgIpc) is 1.97. The highest BCUT2D eigenvalue weighted by Crippen LogP contribution is 2.45. The lowest BCUT2D eigenvalue weighted by molar-refractivity contribution is 0.0600. The molecule has 0 saturated heterocycles. The van der Waals surface area contributed by atoms with Gasteiger partial charge in [-0.05, 0) is 30.1 Å². The molecule has 1 aliphatic carbocycles. The van der Waals surface area contributed by atoms with Crippen molar-refractivity contribution in [3.8, 4) is 0 Å². The second-order valence-electron chi connectivity index (χ2n) is 4.98. The van der Waals surface area contributed by atoms with Gasteiger partial charge >= 0.3 is 0 Å². The second kappa shape index (κ2) is 3.78. The standard InChI is InChI=1S/C11H22O/c1-9-5-4-7-11(2,3)10(9)6-8-12/h9-10,12H,4-8H2,1-3H3/t9-,10+/m0/s1. The van der Waals surface area contributed by atoms with Crippen LogP contribution in [0.25, 0.3) is 0 Å². The molecule has 2 atom stereocenters. The summed E-state index contributed by atoms with van der Waals surface area (Å²) >= 11 is 0. The molecular weight excluding hydrogens is 148 g/mol. The minimum Gasteiger partial charge on any atom is -0.396 e. The van der Waals surface area contributed by atoms with Gasteiger partial charge in [0.1, 0.15) is 0 Å². The van der Waals surface area contributed by atoms with E-state index in [0.717, 1.165) is 18.3 Å². The molecule has 72 valence electrons. The first-order valence-electron chi connectivity index (χ1n) is 5.19. The van der Waals surface area contributed by atoms with Crippen LogP contribution in [0.2, 0.25) is 0 Å². The van der Waals surface area contributed by atoms with Crippen LogP contribution in [0.15, 0.2) is 0 Å². The molecule has 0 aromatic rings. The van der Waals surface area contributed by atoms with Crippen LogP contribution in [0, 0.1) is 17.3 Å². The van der Waals surface area contributed by atoms with E-state index in [1.54, 1.807) is 0 Å². The smallest absolute Gasteiger partial charge is 0.0433 e. The predicted molar refractivity (Wildman–Crippen MR) is 52.0 cm³/mol. The molecule has 1 fully saturated rings. The molecule has 12 heavy (non-hydrogen) atoms. The van der Waals surface area contributed by atoms with Crippen molar-refractivity contribution in [2.75, 3.05) is 6.61 Å². The first-order chi connectivity index (χ1) is 5.58. The van der Waals surface area contributed by atoms with Crippen molar-refractivity contribution in [1.82, 2.24) is 0 Å². The van der Waals surface area contributed by atoms with E-state index in [4.69, 9.17) is 5.11 Å². The molecule has 1 heteroatoms. The van der Waals surface area contributed by atoms with Crippen molar-refractivity contribution in [3.05, 3.63) is 0 Å². The van der Waals surface area contributed by atoms with Gasteiger partial charge in [0.2, 0.25) is 0 Å². The Balaban J connectivity index is 2.60. The van der Waals surface area contributed by atoms with E-state index in [1.807, 2.05) is 0 Å². The van der Waals surface area contributed by atoms with Crippen LogP contribution >= 0.6 is 0 Å². The van der Waals surface area contributed by atoms with E-state index < -0.39 is 0 Å². The second-order valence-corrected chi connectivity index (χ2v) is 4.98. The van der Waals surface area contributed by atoms with E-state index in [1.165, 1.54) is 19.3 Å². The summed E-state index contributed by atoms with van der Waals surface area (Å²) in [5.74, 6) is 1.54. The Kier molecular flexibility index (Phi) is 3.16. The van der Waals surface area contributed by atoms with Gasteiger partial charge in [-0.2, -0.15) is 0 Å². The molecule has 0 aromatic carbocycles. The maximum Gasteiger partial charge on any atom is 0.0433 e. The van der Waals surface area contributed by atoms with Gasteiger partial charge in [-0.1, -0.05) is 33.6 Å². The lowest BCUT2D eigenvalue weighted by Gasteiger charge is -2.42. The third kappa shape index (κ3) is 2.01. The number of hydrogen-bond acceptors (Lipinski definition) is 1. The van der Waals surface area contributed by atoms with Crippen molar-refractivity contribution in [2.24, 2.45) is 17.3 Å². The summed E-state index contributed by atoms with van der Waals surface area (Å²) in [5, 5.41) is 8.97. The molecule has 0 radical (unpaired) electrons. The van der Waals surface area contributed by atoms with Crippen LogP contribution in [0.1, 0.15) is 46.5 Å².